The van der Waals surface area contributed by atoms with E-state index in [2.05, 4.69) is 4.98 Å². The Kier molecular flexibility index (Phi) is 5.66. The number of halogens is 2. The molecular formula is C24H20F2N2O3. The minimum absolute atomic E-state index is 0.0441. The Morgan fingerprint density at radius 3 is 2.61 bits per heavy atom. The maximum absolute atomic E-state index is 13.6. The topological polar surface area (TPSA) is 66.3 Å². The molecular weight excluding hydrogens is 402 g/mol. The van der Waals surface area contributed by atoms with Crippen LogP contribution in [0.4, 0.5) is 8.78 Å². The Bertz CT molecular complexity index is 1300. The summed E-state index contributed by atoms with van der Waals surface area (Å²) in [6, 6.07) is 14.3. The fourth-order valence-electron chi connectivity index (χ4n) is 3.45. The molecule has 0 spiro atoms. The quantitative estimate of drug-likeness (QED) is 0.498. The fourth-order valence-corrected chi connectivity index (χ4v) is 3.45. The number of aromatic nitrogens is 1. The van der Waals surface area contributed by atoms with Gasteiger partial charge in [0.25, 0.3) is 5.56 Å². The lowest BCUT2D eigenvalue weighted by Gasteiger charge is -2.22. The largest absolute Gasteiger partial charge is 0.467 e. The molecule has 4 rings (SSSR count). The third-order valence-electron chi connectivity index (χ3n) is 5.06. The van der Waals surface area contributed by atoms with Crippen molar-refractivity contribution in [3.05, 3.63) is 105 Å². The highest BCUT2D eigenvalue weighted by atomic mass is 19.2. The van der Waals surface area contributed by atoms with Gasteiger partial charge >= 0.3 is 0 Å². The van der Waals surface area contributed by atoms with Crippen LogP contribution in [0.3, 0.4) is 0 Å². The smallest absolute Gasteiger partial charge is 0.253 e. The molecule has 7 heteroatoms. The molecule has 2 heterocycles. The molecule has 0 atom stereocenters. The minimum atomic E-state index is -1.01. The van der Waals surface area contributed by atoms with Crippen LogP contribution in [-0.2, 0) is 24.3 Å². The van der Waals surface area contributed by atoms with E-state index in [0.717, 1.165) is 23.1 Å². The highest BCUT2D eigenvalue weighted by Gasteiger charge is 2.19. The van der Waals surface area contributed by atoms with Crippen LogP contribution in [0.2, 0.25) is 0 Å². The normalized spacial score (nSPS) is 11.1. The zero-order valence-electron chi connectivity index (χ0n) is 16.8. The molecule has 0 bridgehead atoms. The fraction of sp³-hybridized carbons (Fsp3) is 0.167. The number of carbonyl (C=O) groups excluding carboxylic acids is 1. The van der Waals surface area contributed by atoms with Gasteiger partial charge in [-0.1, -0.05) is 17.7 Å². The van der Waals surface area contributed by atoms with Crippen molar-refractivity contribution < 1.29 is 18.0 Å². The number of carbonyl (C=O) groups is 1. The van der Waals surface area contributed by atoms with Gasteiger partial charge in [-0.3, -0.25) is 9.59 Å². The van der Waals surface area contributed by atoms with Gasteiger partial charge < -0.3 is 14.3 Å². The van der Waals surface area contributed by atoms with E-state index in [1.54, 1.807) is 18.2 Å². The maximum atomic E-state index is 13.6. The number of benzene rings is 2. The van der Waals surface area contributed by atoms with Crippen molar-refractivity contribution in [2.24, 2.45) is 0 Å². The maximum Gasteiger partial charge on any atom is 0.253 e. The van der Waals surface area contributed by atoms with E-state index in [9.17, 15) is 18.4 Å². The van der Waals surface area contributed by atoms with Crippen molar-refractivity contribution in [3.63, 3.8) is 0 Å². The predicted molar refractivity (Wildman–Crippen MR) is 112 cm³/mol. The number of hydrogen-bond acceptors (Lipinski definition) is 3. The second-order valence-corrected chi connectivity index (χ2v) is 7.47. The van der Waals surface area contributed by atoms with Gasteiger partial charge in [0.15, 0.2) is 11.6 Å². The molecule has 1 N–H and O–H groups in total. The molecule has 0 aliphatic heterocycles. The second-order valence-electron chi connectivity index (χ2n) is 7.47. The van der Waals surface area contributed by atoms with Crippen molar-refractivity contribution in [2.45, 2.75) is 26.4 Å². The number of H-pyrrole nitrogens is 1. The number of nitrogens with one attached hydrogen (secondary N) is 1. The van der Waals surface area contributed by atoms with Crippen LogP contribution in [0.1, 0.15) is 22.5 Å². The Balaban J connectivity index is 1.64. The number of furan rings is 1. The first-order valence-corrected chi connectivity index (χ1v) is 9.76. The molecule has 0 saturated heterocycles. The zero-order valence-corrected chi connectivity index (χ0v) is 16.8. The summed E-state index contributed by atoms with van der Waals surface area (Å²) < 4.78 is 32.1. The van der Waals surface area contributed by atoms with Gasteiger partial charge in [-0.25, -0.2) is 8.78 Å². The standard InChI is InChI=1S/C24H20F2N2O3/c1-15-4-7-22-17(9-15)12-18(24(30)27-22)13-28(14-19-3-2-8-31-19)23(29)11-16-5-6-20(25)21(26)10-16/h2-10,12H,11,13-14H2,1H3,(H,27,30). The molecule has 158 valence electrons. The first-order chi connectivity index (χ1) is 14.9. The van der Waals surface area contributed by atoms with E-state index >= 15 is 0 Å². The van der Waals surface area contributed by atoms with Crippen LogP contribution in [0.15, 0.2) is 70.1 Å². The molecule has 0 aliphatic carbocycles. The Labute approximate surface area is 176 Å². The van der Waals surface area contributed by atoms with Gasteiger partial charge in [0.1, 0.15) is 5.76 Å². The lowest BCUT2D eigenvalue weighted by molar-refractivity contribution is -0.132. The Morgan fingerprint density at radius 1 is 1.03 bits per heavy atom. The minimum Gasteiger partial charge on any atom is -0.467 e. The molecule has 5 nitrogen and oxygen atoms in total. The Morgan fingerprint density at radius 2 is 1.87 bits per heavy atom. The molecule has 4 aromatic rings. The lowest BCUT2D eigenvalue weighted by Crippen LogP contribution is -2.33. The molecule has 0 saturated carbocycles. The van der Waals surface area contributed by atoms with E-state index in [-0.39, 0.29) is 31.0 Å². The molecule has 0 fully saturated rings. The third kappa shape index (κ3) is 4.71. The summed E-state index contributed by atoms with van der Waals surface area (Å²) in [5.41, 5.74) is 2.23. The van der Waals surface area contributed by atoms with Crippen molar-refractivity contribution in [1.82, 2.24) is 9.88 Å². The van der Waals surface area contributed by atoms with Gasteiger partial charge in [0.2, 0.25) is 5.91 Å². The van der Waals surface area contributed by atoms with Crippen molar-refractivity contribution in [1.29, 1.82) is 0 Å². The van der Waals surface area contributed by atoms with E-state index in [1.165, 1.54) is 17.2 Å². The summed E-state index contributed by atoms with van der Waals surface area (Å²) in [6.07, 6.45) is 1.36. The first-order valence-electron chi connectivity index (χ1n) is 9.76. The molecule has 2 aromatic heterocycles. The van der Waals surface area contributed by atoms with Gasteiger partial charge in [0.05, 0.1) is 25.8 Å². The van der Waals surface area contributed by atoms with E-state index in [1.807, 2.05) is 25.1 Å². The summed E-state index contributed by atoms with van der Waals surface area (Å²) in [4.78, 5) is 29.9. The van der Waals surface area contributed by atoms with Crippen molar-refractivity contribution >= 4 is 16.8 Å². The van der Waals surface area contributed by atoms with Gasteiger partial charge in [0, 0.05) is 11.1 Å². The first kappa shape index (κ1) is 20.5. The number of amides is 1. The SMILES string of the molecule is Cc1ccc2[nH]c(=O)c(CN(Cc3ccco3)C(=O)Cc3ccc(F)c(F)c3)cc2c1. The summed E-state index contributed by atoms with van der Waals surface area (Å²) in [5, 5.41) is 0.862. The molecule has 31 heavy (non-hydrogen) atoms. The molecule has 1 amide bonds. The Hall–Kier alpha value is -3.74. The van der Waals surface area contributed by atoms with Crippen LogP contribution < -0.4 is 5.56 Å². The third-order valence-corrected chi connectivity index (χ3v) is 5.06. The number of aromatic amines is 1. The number of pyridine rings is 1. The molecule has 2 aromatic carbocycles. The van der Waals surface area contributed by atoms with Gasteiger partial charge in [-0.15, -0.1) is 0 Å². The summed E-state index contributed by atoms with van der Waals surface area (Å²) >= 11 is 0. The molecule has 0 unspecified atom stereocenters. The lowest BCUT2D eigenvalue weighted by atomic mass is 10.1. The van der Waals surface area contributed by atoms with E-state index in [4.69, 9.17) is 4.42 Å². The number of hydrogen-bond donors (Lipinski definition) is 1. The monoisotopic (exact) mass is 422 g/mol. The number of rotatable bonds is 6. The van der Waals surface area contributed by atoms with Gasteiger partial charge in [-0.05, 0) is 60.3 Å². The van der Waals surface area contributed by atoms with Gasteiger partial charge in [-0.2, -0.15) is 0 Å². The van der Waals surface area contributed by atoms with Crippen molar-refractivity contribution in [3.8, 4) is 0 Å². The van der Waals surface area contributed by atoms with Crippen molar-refractivity contribution in [2.75, 3.05) is 0 Å². The van der Waals surface area contributed by atoms with Crippen LogP contribution in [0.25, 0.3) is 10.9 Å². The van der Waals surface area contributed by atoms with Crippen LogP contribution in [-0.4, -0.2) is 15.8 Å². The highest BCUT2D eigenvalue weighted by molar-refractivity contribution is 5.81. The number of nitrogens with zero attached hydrogens (tertiary/aromatic N) is 1. The zero-order chi connectivity index (χ0) is 22.0. The van der Waals surface area contributed by atoms with Crippen LogP contribution in [0, 0.1) is 18.6 Å². The van der Waals surface area contributed by atoms with Crippen LogP contribution in [0.5, 0.6) is 0 Å². The second kappa shape index (κ2) is 8.55. The van der Waals surface area contributed by atoms with Crippen LogP contribution >= 0.6 is 0 Å². The summed E-state index contributed by atoms with van der Waals surface area (Å²) in [5.74, 6) is -1.77. The average molecular weight is 422 g/mol. The summed E-state index contributed by atoms with van der Waals surface area (Å²) in [6.45, 7) is 2.14. The number of aryl methyl sites for hydroxylation is 1. The number of fused-ring (bicyclic) bond motifs is 1. The average Bonchev–Trinajstić information content (AvgIpc) is 3.24. The van der Waals surface area contributed by atoms with E-state index in [0.29, 0.717) is 22.4 Å². The highest BCUT2D eigenvalue weighted by Crippen LogP contribution is 2.17. The molecule has 0 radical (unpaired) electrons. The van der Waals surface area contributed by atoms with E-state index < -0.39 is 11.6 Å². The predicted octanol–water partition coefficient (Wildman–Crippen LogP) is 4.48. The summed E-state index contributed by atoms with van der Waals surface area (Å²) in [7, 11) is 0. The molecule has 0 aliphatic rings.